The first-order chi connectivity index (χ1) is 5.47. The van der Waals surface area contributed by atoms with Crippen LogP contribution in [0, 0.1) is 0 Å². The van der Waals surface area contributed by atoms with Gasteiger partial charge < -0.3 is 5.48 Å². The number of benzene rings is 1. The third-order valence-corrected chi connectivity index (χ3v) is 1.61. The van der Waals surface area contributed by atoms with Crippen molar-refractivity contribution in [3.63, 3.8) is 0 Å². The third-order valence-electron chi connectivity index (χ3n) is 1.61. The number of nitrogens with one attached hydrogen (secondary N) is 1. The summed E-state index contributed by atoms with van der Waals surface area (Å²) in [6, 6.07) is 8.12. The number of fused-ring (bicyclic) bond motifs is 1. The Balaban J connectivity index is 0.000000720. The summed E-state index contributed by atoms with van der Waals surface area (Å²) in [6.45, 7) is 0. The largest absolute Gasteiger partial charge is 0.412 e. The lowest BCUT2D eigenvalue weighted by Crippen LogP contribution is -1.90. The van der Waals surface area contributed by atoms with Gasteiger partial charge in [0.1, 0.15) is 0 Å². The van der Waals surface area contributed by atoms with E-state index in [0.717, 1.165) is 5.56 Å². The van der Waals surface area contributed by atoms with Crippen LogP contribution in [-0.2, 0) is 0 Å². The molecular weight excluding hydrogens is 152 g/mol. The van der Waals surface area contributed by atoms with Crippen LogP contribution in [0.2, 0.25) is 0 Å². The Bertz CT molecular complexity index is 287. The molecule has 0 aromatic heterocycles. The molecule has 0 fully saturated rings. The molecule has 62 valence electrons. The summed E-state index contributed by atoms with van der Waals surface area (Å²) >= 11 is 0. The predicted octanol–water partition coefficient (Wildman–Crippen LogP) is 0.770. The number of hydrogen-bond acceptors (Lipinski definition) is 2. The first-order valence-electron chi connectivity index (χ1n) is 3.51. The van der Waals surface area contributed by atoms with E-state index >= 15 is 0 Å². The SMILES string of the molecule is C1=Cc2ccccc2C=NN1.O. The molecular formula is C9H10N2O. The first-order valence-corrected chi connectivity index (χ1v) is 3.51. The quantitative estimate of drug-likeness (QED) is 0.601. The van der Waals surface area contributed by atoms with Gasteiger partial charge in [-0.05, 0) is 11.6 Å². The molecule has 1 aromatic rings. The zero-order valence-electron chi connectivity index (χ0n) is 6.49. The van der Waals surface area contributed by atoms with Crippen LogP contribution in [0.4, 0.5) is 0 Å². The molecule has 0 saturated carbocycles. The van der Waals surface area contributed by atoms with E-state index in [9.17, 15) is 0 Å². The summed E-state index contributed by atoms with van der Waals surface area (Å²) < 4.78 is 0. The Labute approximate surface area is 70.7 Å². The summed E-state index contributed by atoms with van der Waals surface area (Å²) in [4.78, 5) is 0. The predicted molar refractivity (Wildman–Crippen MR) is 49.8 cm³/mol. The van der Waals surface area contributed by atoms with Crippen LogP contribution in [0.1, 0.15) is 11.1 Å². The molecule has 0 radical (unpaired) electrons. The van der Waals surface area contributed by atoms with Crippen molar-refractivity contribution in [3.05, 3.63) is 41.6 Å². The molecule has 1 aliphatic heterocycles. The van der Waals surface area contributed by atoms with Gasteiger partial charge in [-0.15, -0.1) is 0 Å². The topological polar surface area (TPSA) is 55.9 Å². The lowest BCUT2D eigenvalue weighted by atomic mass is 10.1. The lowest BCUT2D eigenvalue weighted by Gasteiger charge is -1.94. The van der Waals surface area contributed by atoms with Gasteiger partial charge in [0.2, 0.25) is 0 Å². The van der Waals surface area contributed by atoms with E-state index in [1.807, 2.05) is 36.7 Å². The van der Waals surface area contributed by atoms with Crippen LogP contribution in [0.3, 0.4) is 0 Å². The fourth-order valence-corrected chi connectivity index (χ4v) is 1.06. The minimum atomic E-state index is 0. The number of rotatable bonds is 0. The van der Waals surface area contributed by atoms with Crippen molar-refractivity contribution in [2.75, 3.05) is 0 Å². The monoisotopic (exact) mass is 162 g/mol. The Hall–Kier alpha value is -1.61. The molecule has 1 heterocycles. The molecule has 3 heteroatoms. The van der Waals surface area contributed by atoms with E-state index in [1.165, 1.54) is 5.56 Å². The van der Waals surface area contributed by atoms with Crippen LogP contribution in [-0.4, -0.2) is 11.7 Å². The van der Waals surface area contributed by atoms with Crippen molar-refractivity contribution >= 4 is 12.3 Å². The molecule has 12 heavy (non-hydrogen) atoms. The van der Waals surface area contributed by atoms with Crippen molar-refractivity contribution in [3.8, 4) is 0 Å². The Kier molecular flexibility index (Phi) is 2.61. The maximum atomic E-state index is 3.95. The van der Waals surface area contributed by atoms with Gasteiger partial charge in [0, 0.05) is 11.8 Å². The van der Waals surface area contributed by atoms with Crippen LogP contribution >= 0.6 is 0 Å². The van der Waals surface area contributed by atoms with Crippen molar-refractivity contribution in [1.82, 2.24) is 5.43 Å². The maximum absolute atomic E-state index is 3.95. The standard InChI is InChI=1S/C9H8N2.H2O/c1-2-4-9-7-11-10-6-5-8(9)3-1;/h1-7,10H;1H2. The molecule has 0 amide bonds. The van der Waals surface area contributed by atoms with Gasteiger partial charge in [0.25, 0.3) is 0 Å². The molecule has 0 saturated heterocycles. The number of hydrogen-bond donors (Lipinski definition) is 1. The zero-order valence-corrected chi connectivity index (χ0v) is 6.49. The highest BCUT2D eigenvalue weighted by Crippen LogP contribution is 2.08. The van der Waals surface area contributed by atoms with Gasteiger partial charge in [0.15, 0.2) is 0 Å². The molecule has 0 aliphatic carbocycles. The van der Waals surface area contributed by atoms with E-state index < -0.39 is 0 Å². The first kappa shape index (κ1) is 8.49. The number of nitrogens with zero attached hydrogens (tertiary/aromatic N) is 1. The van der Waals surface area contributed by atoms with Gasteiger partial charge in [-0.25, -0.2) is 0 Å². The highest BCUT2D eigenvalue weighted by atomic mass is 16.0. The van der Waals surface area contributed by atoms with E-state index in [-0.39, 0.29) is 5.48 Å². The summed E-state index contributed by atoms with van der Waals surface area (Å²) in [5.41, 5.74) is 5.13. The van der Waals surface area contributed by atoms with E-state index in [1.54, 1.807) is 0 Å². The zero-order chi connectivity index (χ0) is 7.52. The van der Waals surface area contributed by atoms with Crippen molar-refractivity contribution in [1.29, 1.82) is 0 Å². The van der Waals surface area contributed by atoms with Crippen molar-refractivity contribution in [2.24, 2.45) is 5.10 Å². The molecule has 3 nitrogen and oxygen atoms in total. The number of hydrazone groups is 1. The van der Waals surface area contributed by atoms with E-state index in [4.69, 9.17) is 0 Å². The highest BCUT2D eigenvalue weighted by Gasteiger charge is 1.95. The molecule has 1 aliphatic rings. The van der Waals surface area contributed by atoms with E-state index in [2.05, 4.69) is 16.6 Å². The normalized spacial score (nSPS) is 12.3. The van der Waals surface area contributed by atoms with Crippen LogP contribution < -0.4 is 5.43 Å². The second-order valence-electron chi connectivity index (χ2n) is 2.35. The van der Waals surface area contributed by atoms with Crippen LogP contribution in [0.5, 0.6) is 0 Å². The van der Waals surface area contributed by atoms with Crippen LogP contribution in [0.15, 0.2) is 35.6 Å². The lowest BCUT2D eigenvalue weighted by molar-refractivity contribution is 0.824. The Morgan fingerprint density at radius 2 is 1.83 bits per heavy atom. The van der Waals surface area contributed by atoms with Gasteiger partial charge in [0.05, 0.1) is 6.21 Å². The van der Waals surface area contributed by atoms with Gasteiger partial charge in [-0.3, -0.25) is 5.43 Å². The van der Waals surface area contributed by atoms with Gasteiger partial charge in [-0.2, -0.15) is 5.10 Å². The summed E-state index contributed by atoms with van der Waals surface area (Å²) in [5, 5.41) is 3.95. The average molecular weight is 162 g/mol. The fraction of sp³-hybridized carbons (Fsp3) is 0. The minimum Gasteiger partial charge on any atom is -0.412 e. The summed E-state index contributed by atoms with van der Waals surface area (Å²) in [7, 11) is 0. The maximum Gasteiger partial charge on any atom is 0.0550 e. The second-order valence-corrected chi connectivity index (χ2v) is 2.35. The highest BCUT2D eigenvalue weighted by molar-refractivity contribution is 5.85. The summed E-state index contributed by atoms with van der Waals surface area (Å²) in [6.07, 6.45) is 5.64. The Morgan fingerprint density at radius 1 is 1.08 bits per heavy atom. The fourth-order valence-electron chi connectivity index (χ4n) is 1.06. The van der Waals surface area contributed by atoms with Gasteiger partial charge >= 0.3 is 0 Å². The minimum absolute atomic E-state index is 0. The van der Waals surface area contributed by atoms with Crippen molar-refractivity contribution < 1.29 is 5.48 Å². The summed E-state index contributed by atoms with van der Waals surface area (Å²) in [5.74, 6) is 0. The van der Waals surface area contributed by atoms with Crippen molar-refractivity contribution in [2.45, 2.75) is 0 Å². The Morgan fingerprint density at radius 3 is 2.67 bits per heavy atom. The average Bonchev–Trinajstić information content (AvgIpc) is 2.28. The molecule has 2 rings (SSSR count). The molecule has 0 bridgehead atoms. The molecule has 1 aromatic carbocycles. The molecule has 3 N–H and O–H groups in total. The van der Waals surface area contributed by atoms with Crippen LogP contribution in [0.25, 0.3) is 6.08 Å². The van der Waals surface area contributed by atoms with Gasteiger partial charge in [-0.1, -0.05) is 24.3 Å². The second kappa shape index (κ2) is 3.69. The molecule has 0 spiro atoms. The third kappa shape index (κ3) is 1.52. The van der Waals surface area contributed by atoms with E-state index in [0.29, 0.717) is 0 Å². The smallest absolute Gasteiger partial charge is 0.0550 e. The molecule has 0 unspecified atom stereocenters. The molecule has 0 atom stereocenters.